The van der Waals surface area contributed by atoms with Gasteiger partial charge in [-0.25, -0.2) is 19.9 Å². The average molecular weight is 633 g/mol. The van der Waals surface area contributed by atoms with Gasteiger partial charge in [0.05, 0.1) is 5.56 Å². The highest BCUT2D eigenvalue weighted by Crippen LogP contribution is 2.40. The highest BCUT2D eigenvalue weighted by atomic mass is 32.1. The third kappa shape index (κ3) is 4.16. The lowest BCUT2D eigenvalue weighted by Gasteiger charge is -2.11. The minimum Gasteiger partial charge on any atom is -0.455 e. The van der Waals surface area contributed by atoms with Crippen molar-refractivity contribution in [1.29, 1.82) is 0 Å². The van der Waals surface area contributed by atoms with Gasteiger partial charge in [-0.05, 0) is 46.2 Å². The summed E-state index contributed by atoms with van der Waals surface area (Å²) < 4.78 is 8.72. The second kappa shape index (κ2) is 10.7. The first-order valence-electron chi connectivity index (χ1n) is 15.8. The number of para-hydroxylation sites is 2. The maximum absolute atomic E-state index is 6.24. The van der Waals surface area contributed by atoms with Crippen LogP contribution in [-0.4, -0.2) is 19.9 Å². The van der Waals surface area contributed by atoms with Crippen LogP contribution in [0, 0.1) is 0 Å². The SMILES string of the molecule is c1ccc2c(c1)oc1c(-c3ncc(-c4cccc5c(-c6cnc(-c7cccc8c7sc7ccccc78)nc6)cccc45)cn3)cccc12. The van der Waals surface area contributed by atoms with Crippen molar-refractivity contribution in [2.45, 2.75) is 0 Å². The van der Waals surface area contributed by atoms with Crippen LogP contribution in [0.1, 0.15) is 0 Å². The summed E-state index contributed by atoms with van der Waals surface area (Å²) in [7, 11) is 0. The van der Waals surface area contributed by atoms with Gasteiger partial charge in [0.1, 0.15) is 11.2 Å². The second-order valence-corrected chi connectivity index (χ2v) is 12.9. The third-order valence-electron chi connectivity index (χ3n) is 9.14. The quantitative estimate of drug-likeness (QED) is 0.193. The van der Waals surface area contributed by atoms with Crippen molar-refractivity contribution in [1.82, 2.24) is 19.9 Å². The second-order valence-electron chi connectivity index (χ2n) is 11.9. The normalized spacial score (nSPS) is 11.8. The zero-order valence-corrected chi connectivity index (χ0v) is 26.3. The molecule has 0 fully saturated rings. The molecule has 0 aliphatic rings. The van der Waals surface area contributed by atoms with E-state index in [1.807, 2.05) is 55.1 Å². The molecule has 10 aromatic rings. The smallest absolute Gasteiger partial charge is 0.162 e. The molecule has 224 valence electrons. The van der Waals surface area contributed by atoms with Gasteiger partial charge in [0.15, 0.2) is 11.6 Å². The topological polar surface area (TPSA) is 64.7 Å². The zero-order chi connectivity index (χ0) is 31.6. The Bertz CT molecular complexity index is 2640. The van der Waals surface area contributed by atoms with E-state index in [0.29, 0.717) is 5.82 Å². The van der Waals surface area contributed by atoms with E-state index in [9.17, 15) is 0 Å². The molecule has 0 spiro atoms. The Labute approximate surface area is 278 Å². The molecule has 0 unspecified atom stereocenters. The summed E-state index contributed by atoms with van der Waals surface area (Å²) in [6, 6.07) is 41.9. The Kier molecular flexibility index (Phi) is 5.98. The Morgan fingerprint density at radius 2 is 0.896 bits per heavy atom. The summed E-state index contributed by atoms with van der Waals surface area (Å²) >= 11 is 1.79. The summed E-state index contributed by atoms with van der Waals surface area (Å²) in [5.74, 6) is 1.36. The predicted molar refractivity (Wildman–Crippen MR) is 197 cm³/mol. The highest BCUT2D eigenvalue weighted by molar-refractivity contribution is 7.26. The van der Waals surface area contributed by atoms with E-state index in [-0.39, 0.29) is 0 Å². The number of furan rings is 1. The van der Waals surface area contributed by atoms with Gasteiger partial charge in [-0.2, -0.15) is 0 Å². The van der Waals surface area contributed by atoms with Crippen molar-refractivity contribution < 1.29 is 4.42 Å². The first kappa shape index (κ1) is 26.9. The number of thiophene rings is 1. The van der Waals surface area contributed by atoms with Crippen molar-refractivity contribution in [3.05, 3.63) is 146 Å². The van der Waals surface area contributed by atoms with Crippen LogP contribution in [-0.2, 0) is 0 Å². The molecule has 0 N–H and O–H groups in total. The Morgan fingerprint density at radius 3 is 1.58 bits per heavy atom. The van der Waals surface area contributed by atoms with E-state index < -0.39 is 0 Å². The maximum atomic E-state index is 6.24. The van der Waals surface area contributed by atoms with Crippen LogP contribution < -0.4 is 0 Å². The van der Waals surface area contributed by atoms with E-state index in [1.54, 1.807) is 11.3 Å². The van der Waals surface area contributed by atoms with Crippen LogP contribution in [0.15, 0.2) is 151 Å². The molecule has 0 bridgehead atoms. The van der Waals surface area contributed by atoms with Gasteiger partial charge in [0, 0.05) is 72.4 Å². The van der Waals surface area contributed by atoms with Gasteiger partial charge >= 0.3 is 0 Å². The number of hydrogen-bond donors (Lipinski definition) is 0. The van der Waals surface area contributed by atoms with Crippen LogP contribution >= 0.6 is 11.3 Å². The summed E-state index contributed by atoms with van der Waals surface area (Å²) in [5.41, 5.74) is 7.65. The maximum Gasteiger partial charge on any atom is 0.162 e. The van der Waals surface area contributed by atoms with E-state index in [2.05, 4.69) is 91.0 Å². The monoisotopic (exact) mass is 632 g/mol. The minimum absolute atomic E-state index is 0.632. The Hall–Kier alpha value is -6.24. The molecular weight excluding hydrogens is 609 g/mol. The predicted octanol–water partition coefficient (Wildman–Crippen LogP) is 11.4. The van der Waals surface area contributed by atoms with Crippen molar-refractivity contribution in [2.75, 3.05) is 0 Å². The van der Waals surface area contributed by atoms with E-state index in [1.165, 1.54) is 20.2 Å². The lowest BCUT2D eigenvalue weighted by Crippen LogP contribution is -1.92. The average Bonchev–Trinajstić information content (AvgIpc) is 3.73. The van der Waals surface area contributed by atoms with Crippen molar-refractivity contribution >= 4 is 64.2 Å². The molecule has 0 saturated heterocycles. The van der Waals surface area contributed by atoms with Crippen LogP contribution in [0.5, 0.6) is 0 Å². The lowest BCUT2D eigenvalue weighted by atomic mass is 9.95. The molecule has 0 aliphatic carbocycles. The van der Waals surface area contributed by atoms with Crippen molar-refractivity contribution in [3.63, 3.8) is 0 Å². The molecule has 6 aromatic carbocycles. The van der Waals surface area contributed by atoms with Crippen LogP contribution in [0.2, 0.25) is 0 Å². The van der Waals surface area contributed by atoms with E-state index in [4.69, 9.17) is 24.4 Å². The molecular formula is C42H24N4OS. The van der Waals surface area contributed by atoms with Crippen LogP contribution in [0.25, 0.3) is 97.9 Å². The van der Waals surface area contributed by atoms with Crippen molar-refractivity contribution in [3.8, 4) is 45.0 Å². The first-order chi connectivity index (χ1) is 23.8. The Morgan fingerprint density at radius 1 is 0.396 bits per heavy atom. The van der Waals surface area contributed by atoms with Gasteiger partial charge in [-0.3, -0.25) is 0 Å². The van der Waals surface area contributed by atoms with Gasteiger partial charge in [0.2, 0.25) is 0 Å². The molecule has 6 heteroatoms. The summed E-state index contributed by atoms with van der Waals surface area (Å²) in [5, 5.41) is 6.90. The van der Waals surface area contributed by atoms with Crippen molar-refractivity contribution in [2.24, 2.45) is 0 Å². The van der Waals surface area contributed by atoms with Gasteiger partial charge in [-0.15, -0.1) is 11.3 Å². The molecule has 4 heterocycles. The summed E-state index contributed by atoms with van der Waals surface area (Å²) in [4.78, 5) is 19.4. The molecule has 0 amide bonds. The fourth-order valence-electron chi connectivity index (χ4n) is 6.87. The third-order valence-corrected chi connectivity index (χ3v) is 10.4. The Balaban J connectivity index is 1.01. The van der Waals surface area contributed by atoms with Crippen LogP contribution in [0.3, 0.4) is 0 Å². The molecule has 0 atom stereocenters. The van der Waals surface area contributed by atoms with Crippen LogP contribution in [0.4, 0.5) is 0 Å². The molecule has 4 aromatic heterocycles. The van der Waals surface area contributed by atoms with Gasteiger partial charge in [0.25, 0.3) is 0 Å². The molecule has 0 radical (unpaired) electrons. The molecule has 48 heavy (non-hydrogen) atoms. The highest BCUT2D eigenvalue weighted by Gasteiger charge is 2.16. The fraction of sp³-hybridized carbons (Fsp3) is 0. The number of rotatable bonds is 4. The largest absolute Gasteiger partial charge is 0.455 e. The van der Waals surface area contributed by atoms with Gasteiger partial charge in [-0.1, -0.05) is 97.1 Å². The number of aromatic nitrogens is 4. The summed E-state index contributed by atoms with van der Waals surface area (Å²) in [6.07, 6.45) is 7.68. The number of hydrogen-bond acceptors (Lipinski definition) is 6. The molecule has 5 nitrogen and oxygen atoms in total. The number of fused-ring (bicyclic) bond motifs is 7. The standard InChI is InChI=1S/C42H24N4OS/c1-3-19-37-31(9-1)33-15-7-17-35(39(33)47-37)41-43-21-25(22-44-41)27-11-5-14-30-28(12-6-13-29(27)30)26-23-45-42(46-24-26)36-18-8-16-34-32-10-2-4-20-38(32)48-40(34)36/h1-24H. The first-order valence-corrected chi connectivity index (χ1v) is 16.6. The molecule has 10 rings (SSSR count). The minimum atomic E-state index is 0.632. The fourth-order valence-corrected chi connectivity index (χ4v) is 8.08. The number of benzene rings is 6. The zero-order valence-electron chi connectivity index (χ0n) is 25.5. The molecule has 0 aliphatic heterocycles. The molecule has 0 saturated carbocycles. The lowest BCUT2D eigenvalue weighted by molar-refractivity contribution is 0.669. The van der Waals surface area contributed by atoms with Gasteiger partial charge < -0.3 is 4.42 Å². The summed E-state index contributed by atoms with van der Waals surface area (Å²) in [6.45, 7) is 0. The van der Waals surface area contributed by atoms with E-state index in [0.717, 1.165) is 71.9 Å². The van der Waals surface area contributed by atoms with E-state index >= 15 is 0 Å². The number of nitrogens with zero attached hydrogens (tertiary/aromatic N) is 4.